The predicted octanol–water partition coefficient (Wildman–Crippen LogP) is 5.05. The molecule has 0 spiro atoms. The number of thioether (sulfide) groups is 1. The van der Waals surface area contributed by atoms with Crippen molar-refractivity contribution in [3.05, 3.63) is 69.3 Å². The molecule has 0 saturated heterocycles. The number of rotatable bonds is 5. The van der Waals surface area contributed by atoms with Crippen LogP contribution in [0.5, 0.6) is 0 Å². The van der Waals surface area contributed by atoms with Gasteiger partial charge in [0.25, 0.3) is 5.56 Å². The zero-order valence-electron chi connectivity index (χ0n) is 14.7. The fourth-order valence-electron chi connectivity index (χ4n) is 3.55. The molecule has 3 nitrogen and oxygen atoms in total. The molecule has 0 amide bonds. The molecule has 1 aliphatic carbocycles. The first kappa shape index (κ1) is 17.6. The Kier molecular flexibility index (Phi) is 5.27. The second kappa shape index (κ2) is 7.80. The highest BCUT2D eigenvalue weighted by molar-refractivity contribution is 7.99. The molecule has 134 valence electrons. The summed E-state index contributed by atoms with van der Waals surface area (Å²) in [4.78, 5) is 20.6. The van der Waals surface area contributed by atoms with E-state index in [9.17, 15) is 4.79 Å². The summed E-state index contributed by atoms with van der Waals surface area (Å²) in [6, 6.07) is 10.2. The Balaban J connectivity index is 1.88. The number of fused-ring (bicyclic) bond motifs is 3. The number of nitrogens with zero attached hydrogens (tertiary/aromatic N) is 2. The van der Waals surface area contributed by atoms with Gasteiger partial charge in [-0.1, -0.05) is 54.6 Å². The number of hydrogen-bond acceptors (Lipinski definition) is 4. The average molecular weight is 383 g/mol. The van der Waals surface area contributed by atoms with Gasteiger partial charge in [-0.25, -0.2) is 4.98 Å². The molecule has 4 rings (SSSR count). The first-order valence-electron chi connectivity index (χ1n) is 9.10. The third kappa shape index (κ3) is 3.38. The third-order valence-electron chi connectivity index (χ3n) is 4.80. The lowest BCUT2D eigenvalue weighted by molar-refractivity contribution is 0.658. The molecule has 3 aromatic rings. The van der Waals surface area contributed by atoms with Gasteiger partial charge in [-0.3, -0.25) is 9.36 Å². The maximum Gasteiger partial charge on any atom is 0.263 e. The summed E-state index contributed by atoms with van der Waals surface area (Å²) in [6.45, 7) is 4.37. The second-order valence-corrected chi connectivity index (χ2v) is 8.69. The van der Waals surface area contributed by atoms with E-state index in [-0.39, 0.29) is 5.56 Å². The molecule has 0 fully saturated rings. The molecule has 26 heavy (non-hydrogen) atoms. The summed E-state index contributed by atoms with van der Waals surface area (Å²) in [5.41, 5.74) is 2.50. The zero-order chi connectivity index (χ0) is 17.9. The summed E-state index contributed by atoms with van der Waals surface area (Å²) >= 11 is 3.31. The van der Waals surface area contributed by atoms with E-state index in [0.717, 1.165) is 39.5 Å². The van der Waals surface area contributed by atoms with Gasteiger partial charge < -0.3 is 0 Å². The molecule has 1 aliphatic rings. The minimum atomic E-state index is 0.116. The molecule has 2 aromatic heterocycles. The quantitative estimate of drug-likeness (QED) is 0.268. The van der Waals surface area contributed by atoms with Crippen molar-refractivity contribution >= 4 is 33.3 Å². The fourth-order valence-corrected chi connectivity index (χ4v) is 5.58. The van der Waals surface area contributed by atoms with Crippen LogP contribution in [-0.2, 0) is 19.4 Å². The number of aromatic nitrogens is 2. The molecule has 0 aliphatic heterocycles. The van der Waals surface area contributed by atoms with Crippen molar-refractivity contribution in [3.63, 3.8) is 0 Å². The summed E-state index contributed by atoms with van der Waals surface area (Å²) < 4.78 is 1.85. The Hall–Kier alpha value is -1.85. The van der Waals surface area contributed by atoms with E-state index in [0.29, 0.717) is 6.54 Å². The van der Waals surface area contributed by atoms with Crippen LogP contribution in [0, 0.1) is 0 Å². The summed E-state index contributed by atoms with van der Waals surface area (Å²) in [7, 11) is 0. The van der Waals surface area contributed by atoms with Gasteiger partial charge in [0.15, 0.2) is 5.16 Å². The lowest BCUT2D eigenvalue weighted by Crippen LogP contribution is -2.24. The van der Waals surface area contributed by atoms with Gasteiger partial charge in [0, 0.05) is 10.6 Å². The Morgan fingerprint density at radius 3 is 2.81 bits per heavy atom. The lowest BCUT2D eigenvalue weighted by atomic mass is 10.1. The van der Waals surface area contributed by atoms with Gasteiger partial charge in [0.05, 0.1) is 11.9 Å². The van der Waals surface area contributed by atoms with Gasteiger partial charge >= 0.3 is 0 Å². The van der Waals surface area contributed by atoms with Crippen LogP contribution in [0.3, 0.4) is 0 Å². The highest BCUT2D eigenvalue weighted by atomic mass is 32.2. The third-order valence-corrected chi connectivity index (χ3v) is 6.96. The molecule has 0 bridgehead atoms. The standard InChI is InChI=1S/C21H22N2OS2/c1-2-13-25-21-22-19-18(16-11-7-4-8-12-17(16)26-19)20(24)23(21)14-15-9-5-3-6-10-15/h2-3,5-6,9-10H,1,4,7-8,11-14H2. The Labute approximate surface area is 161 Å². The van der Waals surface area contributed by atoms with Crippen molar-refractivity contribution < 1.29 is 0 Å². The van der Waals surface area contributed by atoms with Crippen molar-refractivity contribution in [1.29, 1.82) is 0 Å². The van der Waals surface area contributed by atoms with E-state index >= 15 is 0 Å². The minimum Gasteiger partial charge on any atom is -0.283 e. The zero-order valence-corrected chi connectivity index (χ0v) is 16.4. The van der Waals surface area contributed by atoms with Gasteiger partial charge in [0.2, 0.25) is 0 Å². The largest absolute Gasteiger partial charge is 0.283 e. The van der Waals surface area contributed by atoms with Crippen LogP contribution >= 0.6 is 23.1 Å². The van der Waals surface area contributed by atoms with Gasteiger partial charge in [-0.2, -0.15) is 0 Å². The normalized spacial score (nSPS) is 14.2. The van der Waals surface area contributed by atoms with Crippen LogP contribution in [0.2, 0.25) is 0 Å². The SMILES string of the molecule is C=CCSc1nc2sc3c(c2c(=O)n1Cc1ccccc1)CCCCC3. The van der Waals surface area contributed by atoms with Gasteiger partial charge in [-0.05, 0) is 36.8 Å². The average Bonchev–Trinajstić information content (AvgIpc) is 2.84. The van der Waals surface area contributed by atoms with Crippen molar-refractivity contribution in [1.82, 2.24) is 9.55 Å². The highest BCUT2D eigenvalue weighted by Crippen LogP contribution is 2.34. The smallest absolute Gasteiger partial charge is 0.263 e. The van der Waals surface area contributed by atoms with E-state index in [1.54, 1.807) is 23.1 Å². The molecule has 5 heteroatoms. The first-order chi connectivity index (χ1) is 12.8. The highest BCUT2D eigenvalue weighted by Gasteiger charge is 2.21. The maximum absolute atomic E-state index is 13.5. The first-order valence-corrected chi connectivity index (χ1v) is 10.9. The van der Waals surface area contributed by atoms with Crippen molar-refractivity contribution in [2.45, 2.75) is 43.8 Å². The van der Waals surface area contributed by atoms with Crippen molar-refractivity contribution in [3.8, 4) is 0 Å². The van der Waals surface area contributed by atoms with E-state index in [1.807, 2.05) is 28.8 Å². The Bertz CT molecular complexity index is 989. The van der Waals surface area contributed by atoms with E-state index in [2.05, 4.69) is 18.7 Å². The fraction of sp³-hybridized carbons (Fsp3) is 0.333. The topological polar surface area (TPSA) is 34.9 Å². The Morgan fingerprint density at radius 1 is 1.19 bits per heavy atom. The molecular weight excluding hydrogens is 360 g/mol. The molecule has 1 aromatic carbocycles. The van der Waals surface area contributed by atoms with Gasteiger partial charge in [0.1, 0.15) is 4.83 Å². The monoisotopic (exact) mass is 382 g/mol. The second-order valence-electron chi connectivity index (χ2n) is 6.62. The molecule has 2 heterocycles. The van der Waals surface area contributed by atoms with Crippen LogP contribution in [-0.4, -0.2) is 15.3 Å². The predicted molar refractivity (Wildman–Crippen MR) is 112 cm³/mol. The maximum atomic E-state index is 13.5. The summed E-state index contributed by atoms with van der Waals surface area (Å²) in [5.74, 6) is 0.748. The Morgan fingerprint density at radius 2 is 2.00 bits per heavy atom. The number of benzene rings is 1. The number of aryl methyl sites for hydroxylation is 2. The molecular formula is C21H22N2OS2. The summed E-state index contributed by atoms with van der Waals surface area (Å²) in [5, 5.41) is 1.66. The van der Waals surface area contributed by atoms with Crippen LogP contribution in [0.15, 0.2) is 52.9 Å². The van der Waals surface area contributed by atoms with Gasteiger partial charge in [-0.15, -0.1) is 17.9 Å². The van der Waals surface area contributed by atoms with Crippen LogP contribution < -0.4 is 5.56 Å². The van der Waals surface area contributed by atoms with Crippen molar-refractivity contribution in [2.24, 2.45) is 0 Å². The summed E-state index contributed by atoms with van der Waals surface area (Å²) in [6.07, 6.45) is 7.60. The van der Waals surface area contributed by atoms with Crippen molar-refractivity contribution in [2.75, 3.05) is 5.75 Å². The molecule has 0 unspecified atom stereocenters. The van der Waals surface area contributed by atoms with E-state index in [1.165, 1.54) is 29.7 Å². The molecule has 0 radical (unpaired) electrons. The van der Waals surface area contributed by atoms with E-state index in [4.69, 9.17) is 4.98 Å². The molecule has 0 saturated carbocycles. The van der Waals surface area contributed by atoms with Crippen LogP contribution in [0.25, 0.3) is 10.2 Å². The lowest BCUT2D eigenvalue weighted by Gasteiger charge is -2.12. The number of hydrogen-bond donors (Lipinski definition) is 0. The number of thiophene rings is 1. The van der Waals surface area contributed by atoms with E-state index < -0.39 is 0 Å². The van der Waals surface area contributed by atoms with Crippen LogP contribution in [0.4, 0.5) is 0 Å². The minimum absolute atomic E-state index is 0.116. The van der Waals surface area contributed by atoms with Crippen LogP contribution in [0.1, 0.15) is 35.3 Å². The molecule has 0 N–H and O–H groups in total. The molecule has 0 atom stereocenters.